The van der Waals surface area contributed by atoms with Gasteiger partial charge in [-0.2, -0.15) is 10.2 Å². The Bertz CT molecular complexity index is 2770. The Balaban J connectivity index is 0.711. The third-order valence-electron chi connectivity index (χ3n) is 13.8. The van der Waals surface area contributed by atoms with Crippen molar-refractivity contribution in [2.75, 3.05) is 56.4 Å². The van der Waals surface area contributed by atoms with Crippen LogP contribution in [0.2, 0.25) is 0 Å². The number of sulfonamides is 1. The number of morpholine rings is 1. The maximum absolute atomic E-state index is 14.3. The van der Waals surface area contributed by atoms with Crippen molar-refractivity contribution in [1.82, 2.24) is 38.5 Å². The zero-order chi connectivity index (χ0) is 48.0. The fraction of sp³-hybridized carbons (Fsp3) is 0.533. The zero-order valence-corrected chi connectivity index (χ0v) is 38.4. The maximum atomic E-state index is 14.3. The lowest BCUT2D eigenvalue weighted by molar-refractivity contribution is -0.149. The standard InChI is InChI=1S/C45H52F2N10O10S/c1-52-36(58)15-14-34(44(52)62)57-43(61)31-9-5-8-26(37(31)45(57)63)7-3-4-18-66-19-6-20-68(64,65)53(2)42(60)27-10-12-28(13-11-27)56-24-33(38(51-56)39(46)47)49-41(59)32-22-48-55-17-16-35(50-40(32)55)54-23-30-21-29(54)25-67-30/h5,8-9,16-17,22,24,27-30,34,39H,3-4,6-7,10-15,18-21,23,25H2,1-2H3,(H,49,59)/t27?,28?,29?,30-,34?/m1/s1. The molecule has 23 heteroatoms. The summed E-state index contributed by atoms with van der Waals surface area (Å²) in [6, 6.07) is 5.59. The second-order valence-corrected chi connectivity index (χ2v) is 20.1. The number of alkyl halides is 2. The lowest BCUT2D eigenvalue weighted by Gasteiger charge is -2.32. The number of halogens is 2. The Kier molecular flexibility index (Phi) is 13.1. The SMILES string of the molecule is CN1C(=O)CCC(N2C(=O)c3cccc(CCCCOCCCS(=O)(=O)N(C)C(=O)C4CCC(n5cc(NC(=O)c6cnn7ccc(N8C[C@H]9CC8CO9)nc67)c(C(F)F)n5)CC4)c3C2=O)C1=O. The van der Waals surface area contributed by atoms with Gasteiger partial charge < -0.3 is 19.7 Å². The molecule has 20 nitrogen and oxygen atoms in total. The van der Waals surface area contributed by atoms with Crippen molar-refractivity contribution in [1.29, 1.82) is 0 Å². The van der Waals surface area contributed by atoms with E-state index in [1.54, 1.807) is 24.4 Å². The van der Waals surface area contributed by atoms with E-state index in [-0.39, 0.29) is 83.7 Å². The first kappa shape index (κ1) is 46.9. The van der Waals surface area contributed by atoms with Crippen LogP contribution in [0.1, 0.15) is 119 Å². The van der Waals surface area contributed by atoms with Crippen LogP contribution in [0.25, 0.3) is 5.65 Å². The number of piperidine rings is 1. The maximum Gasteiger partial charge on any atom is 0.284 e. The summed E-state index contributed by atoms with van der Waals surface area (Å²) in [7, 11) is -1.40. The van der Waals surface area contributed by atoms with Gasteiger partial charge in [-0.05, 0) is 81.9 Å². The van der Waals surface area contributed by atoms with Crippen LogP contribution in [0.5, 0.6) is 0 Å². The normalized spacial score (nSPS) is 22.8. The molecule has 3 aromatic heterocycles. The minimum Gasteiger partial charge on any atom is -0.381 e. The lowest BCUT2D eigenvalue weighted by atomic mass is 9.85. The number of amides is 6. The van der Waals surface area contributed by atoms with Gasteiger partial charge in [-0.3, -0.25) is 43.2 Å². The minimum absolute atomic E-state index is 0.0528. The van der Waals surface area contributed by atoms with E-state index in [2.05, 4.69) is 25.4 Å². The number of carbonyl (C=O) groups is 6. The zero-order valence-electron chi connectivity index (χ0n) is 37.6. The molecule has 2 unspecified atom stereocenters. The molecule has 0 spiro atoms. The number of rotatable bonds is 17. The molecule has 2 bridgehead atoms. The summed E-state index contributed by atoms with van der Waals surface area (Å²) in [5.41, 5.74) is 0.751. The number of likely N-dealkylation sites (tertiary alicyclic amines) is 1. The molecule has 68 heavy (non-hydrogen) atoms. The van der Waals surface area contributed by atoms with Crippen LogP contribution in [0.3, 0.4) is 0 Å². The van der Waals surface area contributed by atoms with Crippen LogP contribution >= 0.6 is 0 Å². The molecule has 6 amide bonds. The molecule has 3 atom stereocenters. The number of benzene rings is 1. The van der Waals surface area contributed by atoms with Gasteiger partial charge in [-0.15, -0.1) is 0 Å². The highest BCUT2D eigenvalue weighted by molar-refractivity contribution is 7.89. The smallest absolute Gasteiger partial charge is 0.284 e. The average molecular weight is 963 g/mol. The van der Waals surface area contributed by atoms with Gasteiger partial charge >= 0.3 is 0 Å². The Morgan fingerprint density at radius 2 is 1.78 bits per heavy atom. The number of imide groups is 2. The molecular formula is C45H52F2N10O10S. The van der Waals surface area contributed by atoms with Crippen molar-refractivity contribution in [3.63, 3.8) is 0 Å². The van der Waals surface area contributed by atoms with Crippen LogP contribution < -0.4 is 10.2 Å². The van der Waals surface area contributed by atoms with E-state index in [1.165, 1.54) is 35.7 Å². The molecule has 1 N–H and O–H groups in total. The first-order chi connectivity index (χ1) is 32.6. The van der Waals surface area contributed by atoms with E-state index in [9.17, 15) is 46.0 Å². The molecule has 1 aliphatic carbocycles. The van der Waals surface area contributed by atoms with E-state index >= 15 is 0 Å². The van der Waals surface area contributed by atoms with E-state index in [1.807, 2.05) is 6.07 Å². The first-order valence-electron chi connectivity index (χ1n) is 22.9. The molecule has 1 aromatic carbocycles. The molecule has 0 radical (unpaired) electrons. The molecule has 362 valence electrons. The third kappa shape index (κ3) is 8.97. The fourth-order valence-corrected chi connectivity index (χ4v) is 11.2. The number of hydrogen-bond acceptors (Lipinski definition) is 14. The fourth-order valence-electron chi connectivity index (χ4n) is 9.99. The first-order valence-corrected chi connectivity index (χ1v) is 24.5. The van der Waals surface area contributed by atoms with Crippen molar-refractivity contribution in [2.45, 2.75) is 101 Å². The number of carbonyl (C=O) groups excluding carboxylic acids is 6. The van der Waals surface area contributed by atoms with E-state index in [0.29, 0.717) is 76.1 Å². The summed E-state index contributed by atoms with van der Waals surface area (Å²) >= 11 is 0. The number of unbranched alkanes of at least 4 members (excludes halogenated alkanes) is 1. The number of hydrogen-bond donors (Lipinski definition) is 1. The van der Waals surface area contributed by atoms with Gasteiger partial charge in [0, 0.05) is 58.6 Å². The van der Waals surface area contributed by atoms with Crippen molar-refractivity contribution in [2.24, 2.45) is 5.92 Å². The molecule has 1 saturated carbocycles. The number of nitrogens with zero attached hydrogens (tertiary/aromatic N) is 9. The van der Waals surface area contributed by atoms with Gasteiger partial charge in [0.2, 0.25) is 21.8 Å². The van der Waals surface area contributed by atoms with Gasteiger partial charge in [0.1, 0.15) is 17.4 Å². The molecule has 7 heterocycles. The summed E-state index contributed by atoms with van der Waals surface area (Å²) in [4.78, 5) is 87.1. The van der Waals surface area contributed by atoms with Crippen LogP contribution in [0.4, 0.5) is 20.3 Å². The van der Waals surface area contributed by atoms with Crippen molar-refractivity contribution >= 4 is 62.6 Å². The van der Waals surface area contributed by atoms with Gasteiger partial charge in [0.15, 0.2) is 11.3 Å². The number of likely N-dealkylation sites (N-methyl/N-ethyl adjacent to an activating group) is 1. The highest BCUT2D eigenvalue weighted by Crippen LogP contribution is 2.37. The molecular weight excluding hydrogens is 911 g/mol. The number of aryl methyl sites for hydroxylation is 1. The number of aromatic nitrogens is 5. The number of fused-ring (bicyclic) bond motifs is 4. The van der Waals surface area contributed by atoms with E-state index < -0.39 is 63.6 Å². The second kappa shape index (κ2) is 19.1. The van der Waals surface area contributed by atoms with Gasteiger partial charge in [0.25, 0.3) is 30.1 Å². The molecule has 3 saturated heterocycles. The van der Waals surface area contributed by atoms with Crippen LogP contribution in [-0.2, 0) is 40.3 Å². The number of nitrogens with one attached hydrogen (secondary N) is 1. The third-order valence-corrected chi connectivity index (χ3v) is 15.6. The van der Waals surface area contributed by atoms with Gasteiger partial charge in [-0.25, -0.2) is 31.0 Å². The van der Waals surface area contributed by atoms with Crippen LogP contribution in [0, 0.1) is 5.92 Å². The Labute approximate surface area is 389 Å². The van der Waals surface area contributed by atoms with Crippen LogP contribution in [-0.4, -0.2) is 147 Å². The summed E-state index contributed by atoms with van der Waals surface area (Å²) in [5, 5.41) is 10.9. The Morgan fingerprint density at radius 3 is 2.51 bits per heavy atom. The summed E-state index contributed by atoms with van der Waals surface area (Å²) in [6.07, 6.45) is 5.65. The topological polar surface area (TPSA) is 228 Å². The number of anilines is 2. The summed E-state index contributed by atoms with van der Waals surface area (Å²) < 4.78 is 69.9. The summed E-state index contributed by atoms with van der Waals surface area (Å²) in [6.45, 7) is 1.72. The van der Waals surface area contributed by atoms with Crippen molar-refractivity contribution in [3.8, 4) is 0 Å². The van der Waals surface area contributed by atoms with Crippen molar-refractivity contribution < 1.29 is 55.4 Å². The monoisotopic (exact) mass is 962 g/mol. The molecule has 4 aromatic rings. The largest absolute Gasteiger partial charge is 0.381 e. The van der Waals surface area contributed by atoms with E-state index in [0.717, 1.165) is 20.5 Å². The molecule has 4 aliphatic heterocycles. The predicted molar refractivity (Wildman–Crippen MR) is 237 cm³/mol. The van der Waals surface area contributed by atoms with Gasteiger partial charge in [0.05, 0.1) is 53.6 Å². The summed E-state index contributed by atoms with van der Waals surface area (Å²) in [5.74, 6) is -3.54. The molecule has 9 rings (SSSR count). The lowest BCUT2D eigenvalue weighted by Crippen LogP contribution is -2.54. The highest BCUT2D eigenvalue weighted by Gasteiger charge is 2.47. The van der Waals surface area contributed by atoms with Gasteiger partial charge in [-0.1, -0.05) is 12.1 Å². The average Bonchev–Trinajstić information content (AvgIpc) is 4.19. The van der Waals surface area contributed by atoms with E-state index in [4.69, 9.17) is 9.47 Å². The Hall–Kier alpha value is -6.20. The Morgan fingerprint density at radius 1 is 1.00 bits per heavy atom. The quantitative estimate of drug-likeness (QED) is 0.117. The highest BCUT2D eigenvalue weighted by atomic mass is 32.2. The molecule has 5 aliphatic rings. The van der Waals surface area contributed by atoms with Crippen LogP contribution in [0.15, 0.2) is 42.9 Å². The van der Waals surface area contributed by atoms with Crippen molar-refractivity contribution in [3.05, 3.63) is 70.8 Å². The number of ether oxygens (including phenoxy) is 2. The predicted octanol–water partition coefficient (Wildman–Crippen LogP) is 3.79. The molecule has 4 fully saturated rings. The minimum atomic E-state index is -3.97. The second-order valence-electron chi connectivity index (χ2n) is 18.0.